The Hall–Kier alpha value is -4.20. The number of carbonyl (C=O) groups excluding carboxylic acids is 2. The third-order valence-corrected chi connectivity index (χ3v) is 7.35. The largest absolute Gasteiger partial charge is 0.348 e. The number of benzene rings is 4. The van der Waals surface area contributed by atoms with Crippen molar-refractivity contribution in [2.45, 2.75) is 18.2 Å². The summed E-state index contributed by atoms with van der Waals surface area (Å²) in [6.07, 6.45) is 0. The highest BCUT2D eigenvalue weighted by atomic mass is 35.5. The molecule has 0 saturated carbocycles. The van der Waals surface area contributed by atoms with Crippen LogP contribution in [0.25, 0.3) is 10.9 Å². The minimum Gasteiger partial charge on any atom is -0.348 e. The molecule has 0 atom stereocenters. The molecule has 1 amide bonds. The number of hydrogen-bond donors (Lipinski definition) is 1. The molecule has 0 spiro atoms. The first kappa shape index (κ1) is 26.4. The second-order valence-corrected chi connectivity index (χ2v) is 10.3. The molecule has 5 rings (SSSR count). The first-order valence-corrected chi connectivity index (χ1v) is 13.7. The number of Topliss-reactive ketones (excluding diaryl/α,β-unsaturated/α-hetero) is 1. The Morgan fingerprint density at radius 1 is 0.821 bits per heavy atom. The zero-order valence-electron chi connectivity index (χ0n) is 20.8. The van der Waals surface area contributed by atoms with E-state index in [1.165, 1.54) is 11.8 Å². The number of aromatic nitrogens is 2. The predicted molar refractivity (Wildman–Crippen MR) is 156 cm³/mol. The smallest absolute Gasteiger partial charge is 0.262 e. The quantitative estimate of drug-likeness (QED) is 0.137. The van der Waals surface area contributed by atoms with Crippen molar-refractivity contribution in [3.05, 3.63) is 141 Å². The van der Waals surface area contributed by atoms with Gasteiger partial charge >= 0.3 is 0 Å². The Morgan fingerprint density at radius 3 is 2.28 bits per heavy atom. The first-order valence-electron chi connectivity index (χ1n) is 12.3. The van der Waals surface area contributed by atoms with Crippen LogP contribution in [0.2, 0.25) is 5.02 Å². The van der Waals surface area contributed by atoms with Gasteiger partial charge < -0.3 is 5.32 Å². The fourth-order valence-corrected chi connectivity index (χ4v) is 5.23. The van der Waals surface area contributed by atoms with Crippen LogP contribution in [0.1, 0.15) is 31.8 Å². The van der Waals surface area contributed by atoms with Crippen LogP contribution in [0, 0.1) is 0 Å². The summed E-state index contributed by atoms with van der Waals surface area (Å²) in [4.78, 5) is 44.0. The third kappa shape index (κ3) is 6.45. The summed E-state index contributed by atoms with van der Waals surface area (Å²) in [6.45, 7) is 0.624. The summed E-state index contributed by atoms with van der Waals surface area (Å²) in [7, 11) is 0. The lowest BCUT2D eigenvalue weighted by molar-refractivity contribution is 0.0950. The van der Waals surface area contributed by atoms with Gasteiger partial charge in [-0.25, -0.2) is 4.98 Å². The summed E-state index contributed by atoms with van der Waals surface area (Å²) in [5.41, 5.74) is 2.96. The van der Waals surface area contributed by atoms with Gasteiger partial charge in [0.1, 0.15) is 0 Å². The number of thioether (sulfide) groups is 1. The minimum absolute atomic E-state index is 0.0599. The molecule has 1 N–H and O–H groups in total. The molecule has 0 unspecified atom stereocenters. The molecule has 0 radical (unpaired) electrons. The van der Waals surface area contributed by atoms with Crippen LogP contribution >= 0.6 is 23.4 Å². The van der Waals surface area contributed by atoms with E-state index in [9.17, 15) is 14.4 Å². The highest BCUT2D eigenvalue weighted by Crippen LogP contribution is 2.21. The number of carbonyl (C=O) groups is 2. The number of ketones is 1. The fraction of sp³-hybridized carbons (Fsp3) is 0.0968. The molecule has 4 aromatic carbocycles. The van der Waals surface area contributed by atoms with Gasteiger partial charge in [0.2, 0.25) is 0 Å². The van der Waals surface area contributed by atoms with Crippen molar-refractivity contribution in [3.63, 3.8) is 0 Å². The Bertz CT molecular complexity index is 1710. The topological polar surface area (TPSA) is 81.1 Å². The summed E-state index contributed by atoms with van der Waals surface area (Å²) in [5, 5.41) is 4.29. The van der Waals surface area contributed by atoms with E-state index in [1.54, 1.807) is 47.0 Å². The maximum Gasteiger partial charge on any atom is 0.262 e. The highest BCUT2D eigenvalue weighted by Gasteiger charge is 2.16. The number of hydrogen-bond acceptors (Lipinski definition) is 5. The van der Waals surface area contributed by atoms with E-state index in [1.807, 2.05) is 60.7 Å². The van der Waals surface area contributed by atoms with Crippen LogP contribution in [0.15, 0.2) is 113 Å². The van der Waals surface area contributed by atoms with Crippen molar-refractivity contribution in [2.75, 3.05) is 5.75 Å². The van der Waals surface area contributed by atoms with Gasteiger partial charge in [-0.05, 0) is 41.5 Å². The zero-order chi connectivity index (χ0) is 27.2. The Labute approximate surface area is 234 Å². The van der Waals surface area contributed by atoms with Crippen LogP contribution in [0.5, 0.6) is 0 Å². The monoisotopic (exact) mass is 553 g/mol. The number of fused-ring (bicyclic) bond motifs is 1. The maximum atomic E-state index is 13.6. The number of halogens is 1. The van der Waals surface area contributed by atoms with Gasteiger partial charge in [-0.1, -0.05) is 96.2 Å². The molecule has 0 fully saturated rings. The molecule has 6 nitrogen and oxygen atoms in total. The van der Waals surface area contributed by atoms with E-state index in [-0.39, 0.29) is 23.0 Å². The van der Waals surface area contributed by atoms with Crippen LogP contribution in [0.4, 0.5) is 0 Å². The molecule has 0 aliphatic carbocycles. The van der Waals surface area contributed by atoms with Gasteiger partial charge in [0.05, 0.1) is 23.2 Å². The van der Waals surface area contributed by atoms with Crippen molar-refractivity contribution < 1.29 is 9.59 Å². The summed E-state index contributed by atoms with van der Waals surface area (Å²) < 4.78 is 1.58. The zero-order valence-corrected chi connectivity index (χ0v) is 22.4. The Kier molecular flexibility index (Phi) is 8.20. The molecular formula is C31H24ClN3O3S. The van der Waals surface area contributed by atoms with Crippen molar-refractivity contribution in [2.24, 2.45) is 0 Å². The van der Waals surface area contributed by atoms with Crippen LogP contribution < -0.4 is 10.9 Å². The molecule has 194 valence electrons. The van der Waals surface area contributed by atoms with Crippen molar-refractivity contribution in [1.82, 2.24) is 14.9 Å². The molecule has 1 aromatic heterocycles. The van der Waals surface area contributed by atoms with Crippen LogP contribution in [-0.4, -0.2) is 27.0 Å². The van der Waals surface area contributed by atoms with Gasteiger partial charge in [0.15, 0.2) is 10.9 Å². The molecule has 0 saturated heterocycles. The van der Waals surface area contributed by atoms with E-state index in [0.717, 1.165) is 11.1 Å². The number of nitrogens with one attached hydrogen (secondary N) is 1. The van der Waals surface area contributed by atoms with Crippen molar-refractivity contribution in [1.29, 1.82) is 0 Å². The Morgan fingerprint density at radius 2 is 1.54 bits per heavy atom. The lowest BCUT2D eigenvalue weighted by Gasteiger charge is -2.14. The van der Waals surface area contributed by atoms with Gasteiger partial charge in [-0.3, -0.25) is 19.0 Å². The SMILES string of the molecule is O=C(CSc1nc2cc(C(=O)NCc3cccc(Cl)c3)ccc2c(=O)n1Cc1ccccc1)c1ccccc1. The highest BCUT2D eigenvalue weighted by molar-refractivity contribution is 7.99. The van der Waals surface area contributed by atoms with Crippen LogP contribution in [-0.2, 0) is 13.1 Å². The number of amides is 1. The average molecular weight is 554 g/mol. The van der Waals surface area contributed by atoms with Gasteiger partial charge in [-0.15, -0.1) is 0 Å². The minimum atomic E-state index is -0.291. The fourth-order valence-electron chi connectivity index (χ4n) is 4.13. The third-order valence-electron chi connectivity index (χ3n) is 6.14. The maximum absolute atomic E-state index is 13.6. The normalized spacial score (nSPS) is 10.9. The van der Waals surface area contributed by atoms with E-state index in [0.29, 0.717) is 45.3 Å². The molecule has 5 aromatic rings. The second-order valence-electron chi connectivity index (χ2n) is 8.89. The van der Waals surface area contributed by atoms with Crippen LogP contribution in [0.3, 0.4) is 0 Å². The Balaban J connectivity index is 1.45. The molecule has 8 heteroatoms. The standard InChI is InChI=1S/C31H24ClN3O3S/c32-25-13-7-10-22(16-25)18-33-29(37)24-14-15-26-27(17-24)34-31(39-20-28(36)23-11-5-2-6-12-23)35(30(26)38)19-21-8-3-1-4-9-21/h1-17H,18-20H2,(H,33,37). The molecule has 1 heterocycles. The summed E-state index contributed by atoms with van der Waals surface area (Å²) in [5.74, 6) is -0.229. The lowest BCUT2D eigenvalue weighted by atomic mass is 10.1. The van der Waals surface area contributed by atoms with Gasteiger partial charge in [0.25, 0.3) is 11.5 Å². The van der Waals surface area contributed by atoms with Crippen molar-refractivity contribution in [3.8, 4) is 0 Å². The lowest BCUT2D eigenvalue weighted by Crippen LogP contribution is -2.25. The molecule has 0 bridgehead atoms. The molecule has 0 aliphatic heterocycles. The summed E-state index contributed by atoms with van der Waals surface area (Å²) >= 11 is 7.25. The van der Waals surface area contributed by atoms with E-state index >= 15 is 0 Å². The van der Waals surface area contributed by atoms with E-state index < -0.39 is 0 Å². The van der Waals surface area contributed by atoms with Crippen molar-refractivity contribution >= 4 is 46.0 Å². The molecular weight excluding hydrogens is 530 g/mol. The van der Waals surface area contributed by atoms with Gasteiger partial charge in [0, 0.05) is 22.7 Å². The second kappa shape index (κ2) is 12.1. The van der Waals surface area contributed by atoms with E-state index in [2.05, 4.69) is 5.32 Å². The summed E-state index contributed by atoms with van der Waals surface area (Å²) in [6, 6.07) is 30.8. The molecule has 0 aliphatic rings. The first-order chi connectivity index (χ1) is 19.0. The van der Waals surface area contributed by atoms with E-state index in [4.69, 9.17) is 16.6 Å². The number of rotatable bonds is 9. The average Bonchev–Trinajstić information content (AvgIpc) is 2.97. The molecule has 39 heavy (non-hydrogen) atoms. The van der Waals surface area contributed by atoms with Gasteiger partial charge in [-0.2, -0.15) is 0 Å². The number of nitrogens with zero attached hydrogens (tertiary/aromatic N) is 2. The predicted octanol–water partition coefficient (Wildman–Crippen LogP) is 6.00.